The largest absolute Gasteiger partial charge is 0.504 e. The third-order valence-electron chi connectivity index (χ3n) is 6.76. The van der Waals surface area contributed by atoms with Crippen molar-refractivity contribution >= 4 is 5.97 Å². The first-order valence-corrected chi connectivity index (χ1v) is 11.6. The lowest BCUT2D eigenvalue weighted by atomic mass is 9.81. The minimum absolute atomic E-state index is 0.0250. The summed E-state index contributed by atoms with van der Waals surface area (Å²) in [5.74, 6) is -1.75. The monoisotopic (exact) mass is 522 g/mol. The Morgan fingerprint density at radius 2 is 1.70 bits per heavy atom. The molecule has 2 aromatic carbocycles. The predicted molar refractivity (Wildman–Crippen MR) is 124 cm³/mol. The van der Waals surface area contributed by atoms with Crippen molar-refractivity contribution in [3.05, 3.63) is 47.5 Å². The third-order valence-corrected chi connectivity index (χ3v) is 6.76. The fraction of sp³-hybridized carbons (Fsp3) is 0.480. The van der Waals surface area contributed by atoms with E-state index in [0.717, 1.165) is 0 Å². The Hall–Kier alpha value is -3.13. The summed E-state index contributed by atoms with van der Waals surface area (Å²) >= 11 is 0. The number of ether oxygens (including phenoxy) is 4. The van der Waals surface area contributed by atoms with Crippen LogP contribution >= 0.6 is 0 Å². The van der Waals surface area contributed by atoms with Crippen molar-refractivity contribution in [2.45, 2.75) is 49.1 Å². The number of aliphatic hydroxyl groups excluding tert-OH is 4. The van der Waals surface area contributed by atoms with E-state index in [-0.39, 0.29) is 36.7 Å². The maximum atomic E-state index is 12.5. The number of carbonyl (C=O) groups is 1. The summed E-state index contributed by atoms with van der Waals surface area (Å²) in [4.78, 5) is 12.5. The minimum atomic E-state index is -1.89. The van der Waals surface area contributed by atoms with Crippen LogP contribution in [0.3, 0.4) is 0 Å². The normalized spacial score (nSPS) is 31.7. The molecular formula is C25H30O12. The molecular weight excluding hydrogens is 492 g/mol. The molecule has 2 heterocycles. The van der Waals surface area contributed by atoms with Crippen LogP contribution < -0.4 is 9.47 Å². The lowest BCUT2D eigenvalue weighted by Crippen LogP contribution is -2.60. The zero-order valence-corrected chi connectivity index (χ0v) is 19.9. The third kappa shape index (κ3) is 5.30. The molecule has 12 nitrogen and oxygen atoms in total. The van der Waals surface area contributed by atoms with Gasteiger partial charge in [-0.15, -0.1) is 0 Å². The smallest absolute Gasteiger partial charge is 0.338 e. The second-order valence-electron chi connectivity index (χ2n) is 9.22. The molecule has 202 valence electrons. The van der Waals surface area contributed by atoms with Crippen LogP contribution in [-0.2, 0) is 27.1 Å². The number of benzene rings is 2. The number of hydrogen-bond donors (Lipinski definition) is 7. The lowest BCUT2D eigenvalue weighted by Gasteiger charge is -2.39. The van der Waals surface area contributed by atoms with Gasteiger partial charge in [0.25, 0.3) is 0 Å². The molecule has 2 aliphatic rings. The summed E-state index contributed by atoms with van der Waals surface area (Å²) in [6.45, 7) is -0.661. The van der Waals surface area contributed by atoms with E-state index in [1.54, 1.807) is 12.1 Å². The number of aromatic hydroxyl groups is 2. The molecule has 2 aromatic rings. The van der Waals surface area contributed by atoms with Crippen molar-refractivity contribution in [1.29, 1.82) is 0 Å². The van der Waals surface area contributed by atoms with Gasteiger partial charge in [0.2, 0.25) is 6.29 Å². The van der Waals surface area contributed by atoms with Crippen molar-refractivity contribution in [2.24, 2.45) is 5.92 Å². The number of hydrogen-bond acceptors (Lipinski definition) is 12. The molecule has 7 atom stereocenters. The van der Waals surface area contributed by atoms with Crippen LogP contribution in [0, 0.1) is 5.92 Å². The highest BCUT2D eigenvalue weighted by Crippen LogP contribution is 2.37. The van der Waals surface area contributed by atoms with Gasteiger partial charge in [-0.3, -0.25) is 0 Å². The highest BCUT2D eigenvalue weighted by molar-refractivity contribution is 5.82. The number of rotatable bonds is 8. The zero-order chi connectivity index (χ0) is 26.9. The number of esters is 1. The Balaban J connectivity index is 1.48. The Labute approximate surface area is 211 Å². The van der Waals surface area contributed by atoms with Crippen molar-refractivity contribution < 1.29 is 59.5 Å². The van der Waals surface area contributed by atoms with Crippen molar-refractivity contribution in [1.82, 2.24) is 0 Å². The van der Waals surface area contributed by atoms with Gasteiger partial charge in [-0.25, -0.2) is 4.79 Å². The molecule has 0 saturated carbocycles. The van der Waals surface area contributed by atoms with E-state index in [1.807, 2.05) is 0 Å². The topological polar surface area (TPSA) is 196 Å². The molecule has 37 heavy (non-hydrogen) atoms. The van der Waals surface area contributed by atoms with Gasteiger partial charge < -0.3 is 54.7 Å². The van der Waals surface area contributed by atoms with E-state index < -0.39 is 60.6 Å². The molecule has 0 amide bonds. The van der Waals surface area contributed by atoms with Gasteiger partial charge in [-0.05, 0) is 41.8 Å². The zero-order valence-electron chi connectivity index (χ0n) is 19.9. The number of cyclic esters (lactones) is 1. The van der Waals surface area contributed by atoms with Crippen LogP contribution in [0.5, 0.6) is 23.0 Å². The minimum Gasteiger partial charge on any atom is -0.504 e. The van der Waals surface area contributed by atoms with Gasteiger partial charge in [-0.2, -0.15) is 0 Å². The molecule has 0 aromatic heterocycles. The molecule has 0 spiro atoms. The van der Waals surface area contributed by atoms with Gasteiger partial charge in [0.1, 0.15) is 24.4 Å². The molecule has 4 rings (SSSR count). The Bertz CT molecular complexity index is 1120. The van der Waals surface area contributed by atoms with E-state index in [1.165, 1.54) is 31.4 Å². The summed E-state index contributed by atoms with van der Waals surface area (Å²) in [6.07, 6.45) is -7.47. The average Bonchev–Trinajstić information content (AvgIpc) is 3.14. The Morgan fingerprint density at radius 1 is 0.973 bits per heavy atom. The molecule has 12 heteroatoms. The summed E-state index contributed by atoms with van der Waals surface area (Å²) in [5, 5.41) is 70.9. The fourth-order valence-corrected chi connectivity index (χ4v) is 4.56. The van der Waals surface area contributed by atoms with E-state index in [2.05, 4.69) is 0 Å². The summed E-state index contributed by atoms with van der Waals surface area (Å²) in [6, 6.07) is 8.80. The van der Waals surface area contributed by atoms with Gasteiger partial charge in [0.15, 0.2) is 28.6 Å². The second kappa shape index (κ2) is 10.7. The number of methoxy groups -OCH3 is 1. The maximum absolute atomic E-state index is 12.5. The molecule has 2 fully saturated rings. The van der Waals surface area contributed by atoms with Crippen LogP contribution in [0.1, 0.15) is 11.1 Å². The number of phenolic OH excluding ortho intramolecular Hbond substituents is 2. The van der Waals surface area contributed by atoms with E-state index in [9.17, 15) is 40.5 Å². The molecule has 7 unspecified atom stereocenters. The molecule has 7 N–H and O–H groups in total. The molecule has 0 bridgehead atoms. The summed E-state index contributed by atoms with van der Waals surface area (Å²) < 4.78 is 21.0. The van der Waals surface area contributed by atoms with E-state index in [4.69, 9.17) is 18.9 Å². The van der Waals surface area contributed by atoms with Gasteiger partial charge in [-0.1, -0.05) is 12.1 Å². The van der Waals surface area contributed by atoms with Crippen LogP contribution in [0.2, 0.25) is 0 Å². The van der Waals surface area contributed by atoms with Crippen molar-refractivity contribution in [3.63, 3.8) is 0 Å². The van der Waals surface area contributed by atoms with E-state index in [0.29, 0.717) is 11.1 Å². The lowest BCUT2D eigenvalue weighted by molar-refractivity contribution is -0.277. The van der Waals surface area contributed by atoms with Gasteiger partial charge in [0, 0.05) is 12.3 Å². The first-order valence-electron chi connectivity index (χ1n) is 11.6. The first kappa shape index (κ1) is 26.9. The molecule has 0 radical (unpaired) electrons. The predicted octanol–water partition coefficient (Wildman–Crippen LogP) is -1.03. The van der Waals surface area contributed by atoms with Gasteiger partial charge >= 0.3 is 5.97 Å². The number of phenols is 2. The highest BCUT2D eigenvalue weighted by Gasteiger charge is 2.51. The molecule has 0 aliphatic carbocycles. The fourth-order valence-electron chi connectivity index (χ4n) is 4.56. The average molecular weight is 523 g/mol. The Kier molecular flexibility index (Phi) is 7.78. The number of aliphatic hydroxyl groups is 5. The SMILES string of the molecule is COc1cc(CC2COC(=O)C2(O)Cc2ccc(OC3OC(CO)C(O)C(O)C3O)c(O)c2)ccc1O. The quantitative estimate of drug-likeness (QED) is 0.209. The standard InChI is InChI=1S/C25H30O12/c1-34-18-8-12(2-4-15(18)27)6-14-11-35-24(32)25(14,33)9-13-3-5-17(16(28)7-13)36-23-22(31)21(30)20(29)19(10-26)37-23/h2-5,7-8,14,19-23,26-31,33H,6,9-11H2,1H3. The van der Waals surface area contributed by atoms with Crippen LogP contribution in [0.25, 0.3) is 0 Å². The van der Waals surface area contributed by atoms with Crippen LogP contribution in [0.4, 0.5) is 0 Å². The van der Waals surface area contributed by atoms with Crippen molar-refractivity contribution in [2.75, 3.05) is 20.3 Å². The van der Waals surface area contributed by atoms with Crippen LogP contribution in [-0.4, -0.2) is 98.3 Å². The van der Waals surface area contributed by atoms with E-state index >= 15 is 0 Å². The Morgan fingerprint density at radius 3 is 2.38 bits per heavy atom. The summed E-state index contributed by atoms with van der Waals surface area (Å²) in [5.41, 5.74) is -0.798. The van der Waals surface area contributed by atoms with Crippen LogP contribution in [0.15, 0.2) is 36.4 Å². The summed E-state index contributed by atoms with van der Waals surface area (Å²) in [7, 11) is 1.41. The van der Waals surface area contributed by atoms with Gasteiger partial charge in [0.05, 0.1) is 20.3 Å². The highest BCUT2D eigenvalue weighted by atomic mass is 16.7. The first-order chi connectivity index (χ1) is 17.6. The molecule has 2 aliphatic heterocycles. The number of carbonyl (C=O) groups excluding carboxylic acids is 1. The van der Waals surface area contributed by atoms with Crippen molar-refractivity contribution in [3.8, 4) is 23.0 Å². The second-order valence-corrected chi connectivity index (χ2v) is 9.22. The maximum Gasteiger partial charge on any atom is 0.338 e. The molecule has 2 saturated heterocycles.